The number of aliphatic hydroxyl groups is 1. The standard InChI is InChI=1S/C91H102N16O11/c1-53(2)49-75(88(115)107-47-20-30-76(107)89(116)106-48-44-61(52-106)85(112)102-73(90(117)118)29-19-46-95-91(92)93)104-86(113)74(50-62-51-96-64-28-17-16-27-63(62)64)103-87(114)82(55(4)108)105-83(110)54(3)97-77(109)31-15-8-18-45-94-84(111)60-34-32-59(33-35-60)81-71-42-40-69(100-71)79(57-23-11-6-12-24-57)67-38-36-65(98-67)78(56-21-9-5-10-22-56)66-37-39-68(99-66)80(58-25-13-7-14-26-58)70-41-43-72(81)101-70/h5-7,9-14,16-17,21-28,32-40,42,51,53-55,61,73-76,82,96,99-100,108H,8,15,18-20,29-31,41,43-50,52H2,1-4H3,(H,94,111)(H,97,109)(H,102,112)(H,103,114)(H,104,113)(H,105,110)(H,117,118)(H4,92,93,95)/t54-,55+,61+,73-,74-,75-,76-,82-/m0/s1. The highest BCUT2D eigenvalue weighted by atomic mass is 16.4. The summed E-state index contributed by atoms with van der Waals surface area (Å²) < 4.78 is 0. The van der Waals surface area contributed by atoms with Gasteiger partial charge in [0.2, 0.25) is 41.4 Å². The molecular weight excluding hydrogens is 1490 g/mol. The number of hydrogen-bond acceptors (Lipinski definition) is 13. The third-order valence-corrected chi connectivity index (χ3v) is 22.2. The molecule has 4 aromatic heterocycles. The second-order valence-electron chi connectivity index (χ2n) is 31.2. The van der Waals surface area contributed by atoms with Crippen LogP contribution in [0.4, 0.5) is 0 Å². The van der Waals surface area contributed by atoms with E-state index in [1.807, 2.05) is 117 Å². The Balaban J connectivity index is 0.627. The molecule has 2 fully saturated rings. The van der Waals surface area contributed by atoms with Crippen molar-refractivity contribution in [1.82, 2.24) is 71.9 Å². The number of amides is 8. The molecule has 0 saturated carbocycles. The van der Waals surface area contributed by atoms with Crippen molar-refractivity contribution in [3.05, 3.63) is 204 Å². The van der Waals surface area contributed by atoms with E-state index in [2.05, 4.69) is 125 Å². The fraction of sp³-hybridized carbons (Fsp3) is 0.341. The Morgan fingerprint density at radius 3 is 1.73 bits per heavy atom. The van der Waals surface area contributed by atoms with Gasteiger partial charge in [-0.3, -0.25) is 48.7 Å². The van der Waals surface area contributed by atoms with Gasteiger partial charge in [-0.1, -0.05) is 142 Å². The van der Waals surface area contributed by atoms with Crippen LogP contribution in [0.5, 0.6) is 0 Å². The zero-order chi connectivity index (χ0) is 83.1. The van der Waals surface area contributed by atoms with Gasteiger partial charge in [0.1, 0.15) is 36.3 Å². The van der Waals surface area contributed by atoms with Crippen LogP contribution in [0.2, 0.25) is 0 Å². The first kappa shape index (κ1) is 82.9. The van der Waals surface area contributed by atoms with Gasteiger partial charge in [-0.05, 0) is 166 Å². The SMILES string of the molecule is CC(C)C[C@H](NC(=O)[C@H](Cc1c[nH]c2ccccc12)NC(=O)[C@@H](NC(=O)[C@H](C)NC(=O)CCCCCNC(=O)c1ccc(-c2c3nc(c(-c4ccccc4)c4ccc([nH]4)c(-c4ccccc4)c4nc(c(-c5ccccc5)c5ccc2[nH]5)C=C4)CC3)cc1)[C@@H](C)O)C(=O)N1CCC[C@H]1C(=O)N1CC[C@@H](C(=O)N[C@@H](CCCNC(=N)N)C(=O)O)C1. The highest BCUT2D eigenvalue weighted by molar-refractivity contribution is 6.01. The molecular formula is C91H102N16O11. The first-order chi connectivity index (χ1) is 57.0. The summed E-state index contributed by atoms with van der Waals surface area (Å²) in [5, 5.41) is 48.1. The van der Waals surface area contributed by atoms with Gasteiger partial charge >= 0.3 is 5.97 Å². The number of aryl methyl sites for hydroxylation is 2. The molecule has 15 N–H and O–H groups in total. The zero-order valence-electron chi connectivity index (χ0n) is 66.7. The first-order valence-electron chi connectivity index (χ1n) is 40.7. The van der Waals surface area contributed by atoms with Crippen LogP contribution < -0.4 is 43.0 Å². The minimum absolute atomic E-state index is 0.00461. The van der Waals surface area contributed by atoms with E-state index in [4.69, 9.17) is 21.1 Å². The van der Waals surface area contributed by atoms with Crippen molar-refractivity contribution >= 4 is 104 Å². The molecule has 9 aromatic rings. The van der Waals surface area contributed by atoms with Crippen LogP contribution >= 0.6 is 0 Å². The number of nitrogens with two attached hydrogens (primary N) is 1. The topological polar surface area (TPSA) is 408 Å². The number of carbonyl (C=O) groups is 9. The largest absolute Gasteiger partial charge is 0.480 e. The molecule has 0 unspecified atom stereocenters. The average Bonchev–Trinajstić information content (AvgIpc) is 1.61. The predicted molar refractivity (Wildman–Crippen MR) is 455 cm³/mol. The van der Waals surface area contributed by atoms with Crippen LogP contribution in [0.3, 0.4) is 0 Å². The molecule has 0 aliphatic carbocycles. The fourth-order valence-corrected chi connectivity index (χ4v) is 16.2. The number of carbonyl (C=O) groups excluding carboxylic acids is 8. The van der Waals surface area contributed by atoms with E-state index >= 15 is 0 Å². The van der Waals surface area contributed by atoms with E-state index in [-0.39, 0.29) is 82.0 Å². The van der Waals surface area contributed by atoms with Crippen LogP contribution in [0.1, 0.15) is 131 Å². The van der Waals surface area contributed by atoms with Gasteiger partial charge < -0.3 is 77.9 Å². The maximum atomic E-state index is 14.9. The van der Waals surface area contributed by atoms with Crippen molar-refractivity contribution in [2.45, 2.75) is 154 Å². The van der Waals surface area contributed by atoms with Crippen molar-refractivity contribution in [2.24, 2.45) is 17.6 Å². The number of fused-ring (bicyclic) bond motifs is 9. The van der Waals surface area contributed by atoms with Crippen LogP contribution in [-0.4, -0.2) is 179 Å². The molecule has 4 aliphatic rings. The van der Waals surface area contributed by atoms with Crippen LogP contribution in [0.25, 0.3) is 89.6 Å². The van der Waals surface area contributed by atoms with Crippen molar-refractivity contribution in [3.8, 4) is 44.5 Å². The Labute approximate surface area is 683 Å². The number of benzene rings is 5. The van der Waals surface area contributed by atoms with Crippen molar-refractivity contribution < 1.29 is 53.4 Å². The van der Waals surface area contributed by atoms with Gasteiger partial charge in [-0.25, -0.2) is 9.78 Å². The number of unbranched alkanes of at least 4 members (excludes halogenated alkanes) is 2. The molecule has 612 valence electrons. The smallest absolute Gasteiger partial charge is 0.326 e. The molecule has 0 radical (unpaired) electrons. The van der Waals surface area contributed by atoms with E-state index < -0.39 is 89.7 Å². The number of aromatic nitrogens is 5. The maximum Gasteiger partial charge on any atom is 0.326 e. The average molecular weight is 1600 g/mol. The number of aromatic amines is 3. The molecule has 4 aliphatic heterocycles. The number of para-hydroxylation sites is 1. The Morgan fingerprint density at radius 1 is 0.568 bits per heavy atom. The molecule has 8 amide bonds. The lowest BCUT2D eigenvalue weighted by Gasteiger charge is -2.32. The molecule has 0 spiro atoms. The third-order valence-electron chi connectivity index (χ3n) is 22.2. The number of nitrogens with zero attached hydrogens (tertiary/aromatic N) is 4. The molecule has 118 heavy (non-hydrogen) atoms. The van der Waals surface area contributed by atoms with Crippen LogP contribution in [-0.2, 0) is 57.6 Å². The van der Waals surface area contributed by atoms with E-state index in [9.17, 15) is 53.4 Å². The highest BCUT2D eigenvalue weighted by Gasteiger charge is 2.43. The van der Waals surface area contributed by atoms with Gasteiger partial charge in [-0.15, -0.1) is 0 Å². The lowest BCUT2D eigenvalue weighted by molar-refractivity contribution is -0.146. The Morgan fingerprint density at radius 2 is 1.14 bits per heavy atom. The summed E-state index contributed by atoms with van der Waals surface area (Å²) in [5.74, 6) is -6.93. The van der Waals surface area contributed by atoms with Crippen molar-refractivity contribution in [2.75, 3.05) is 32.7 Å². The number of aliphatic carboxylic acids is 1. The predicted octanol–water partition coefficient (Wildman–Crippen LogP) is 10.0. The summed E-state index contributed by atoms with van der Waals surface area (Å²) in [6.45, 7) is 7.46. The van der Waals surface area contributed by atoms with E-state index in [0.717, 1.165) is 100 Å². The molecule has 13 rings (SSSR count). The maximum absolute atomic E-state index is 14.9. The molecule has 27 nitrogen and oxygen atoms in total. The number of H-pyrrole nitrogens is 3. The number of nitrogens with one attached hydrogen (secondary N) is 11. The van der Waals surface area contributed by atoms with Gasteiger partial charge in [0, 0.05) is 113 Å². The Bertz CT molecular complexity index is 5410. The first-order valence-corrected chi connectivity index (χ1v) is 40.7. The summed E-state index contributed by atoms with van der Waals surface area (Å²) in [7, 11) is 0. The third kappa shape index (κ3) is 19.9. The number of carboxylic acid groups (broad SMARTS) is 1. The van der Waals surface area contributed by atoms with E-state index in [0.29, 0.717) is 69.0 Å². The number of hydrogen-bond donors (Lipinski definition) is 14. The van der Waals surface area contributed by atoms with Crippen LogP contribution in [0.15, 0.2) is 170 Å². The van der Waals surface area contributed by atoms with Gasteiger partial charge in [0.25, 0.3) is 5.91 Å². The molecule has 27 heteroatoms. The fourth-order valence-electron chi connectivity index (χ4n) is 16.2. The number of likely N-dealkylation sites (tertiary alicyclic amines) is 2. The number of guanidine groups is 1. The highest BCUT2D eigenvalue weighted by Crippen LogP contribution is 2.39. The van der Waals surface area contributed by atoms with Gasteiger partial charge in [-0.2, -0.15) is 0 Å². The van der Waals surface area contributed by atoms with Gasteiger partial charge in [0.05, 0.1) is 34.8 Å². The molecule has 2 saturated heterocycles. The summed E-state index contributed by atoms with van der Waals surface area (Å²) in [6, 6.07) is 46.8. The number of carboxylic acids is 1. The van der Waals surface area contributed by atoms with Gasteiger partial charge in [0.15, 0.2) is 5.96 Å². The van der Waals surface area contributed by atoms with Crippen molar-refractivity contribution in [3.63, 3.8) is 0 Å². The number of aliphatic hydroxyl groups excluding tert-OH is 1. The monoisotopic (exact) mass is 1590 g/mol. The van der Waals surface area contributed by atoms with E-state index in [1.54, 1.807) is 6.20 Å². The molecule has 8 bridgehead atoms. The van der Waals surface area contributed by atoms with E-state index in [1.165, 1.54) is 23.6 Å². The summed E-state index contributed by atoms with van der Waals surface area (Å²) >= 11 is 0. The summed E-state index contributed by atoms with van der Waals surface area (Å²) in [5.41, 5.74) is 22.0. The Kier molecular flexibility index (Phi) is 26.8. The second kappa shape index (κ2) is 38.2. The normalized spacial score (nSPS) is 15.9. The minimum atomic E-state index is -1.62. The lowest BCUT2D eigenvalue weighted by Crippen LogP contribution is -2.61. The number of rotatable bonds is 32. The molecule has 8 atom stereocenters. The second-order valence-corrected chi connectivity index (χ2v) is 31.2. The molecule has 8 heterocycles. The summed E-state index contributed by atoms with van der Waals surface area (Å²) in [6.07, 6.45) is 8.81. The quantitative estimate of drug-likeness (QED) is 0.0106. The summed E-state index contributed by atoms with van der Waals surface area (Å²) in [4.78, 5) is 150. The zero-order valence-corrected chi connectivity index (χ0v) is 66.7. The lowest BCUT2D eigenvalue weighted by atomic mass is 9.99. The minimum Gasteiger partial charge on any atom is -0.480 e. The molecule has 5 aromatic carbocycles. The van der Waals surface area contributed by atoms with Crippen LogP contribution in [0, 0.1) is 17.2 Å². The Hall–Kier alpha value is -13.0. The van der Waals surface area contributed by atoms with Crippen molar-refractivity contribution in [1.29, 1.82) is 5.41 Å².